The number of rotatable bonds is 10. The molecule has 0 aromatic heterocycles. The molecule has 144 valence electrons. The van der Waals surface area contributed by atoms with Gasteiger partial charge in [0.1, 0.15) is 12.6 Å². The van der Waals surface area contributed by atoms with E-state index in [1.54, 1.807) is 0 Å². The molecule has 7 heteroatoms. The van der Waals surface area contributed by atoms with Gasteiger partial charge in [0.05, 0.1) is 7.11 Å². The summed E-state index contributed by atoms with van der Waals surface area (Å²) in [5.74, 6) is -0.109. The monoisotopic (exact) mass is 357 g/mol. The standard InChI is InChI=1S/C18H31NO6/c1-5-12-25-18(21)19-11-10-14(13-15(19)17(20)22-4)8-9-16(23-6-2)24-7-3/h5,14-16H,1,6-13H2,2-4H3. The van der Waals surface area contributed by atoms with Crippen molar-refractivity contribution >= 4 is 12.1 Å². The number of carbonyl (C=O) groups excluding carboxylic acids is 2. The lowest BCUT2D eigenvalue weighted by Crippen LogP contribution is -2.50. The fourth-order valence-corrected chi connectivity index (χ4v) is 3.05. The summed E-state index contributed by atoms with van der Waals surface area (Å²) in [6, 6.07) is -0.612. The van der Waals surface area contributed by atoms with Gasteiger partial charge in [-0.15, -0.1) is 0 Å². The lowest BCUT2D eigenvalue weighted by atomic mass is 9.87. The van der Waals surface area contributed by atoms with E-state index in [1.807, 2.05) is 13.8 Å². The molecule has 0 saturated carbocycles. The van der Waals surface area contributed by atoms with E-state index in [-0.39, 0.29) is 12.9 Å². The maximum Gasteiger partial charge on any atom is 0.410 e. The van der Waals surface area contributed by atoms with Crippen LogP contribution in [0.3, 0.4) is 0 Å². The minimum atomic E-state index is -0.612. The van der Waals surface area contributed by atoms with Gasteiger partial charge in [-0.05, 0) is 45.4 Å². The Morgan fingerprint density at radius 3 is 2.52 bits per heavy atom. The maximum atomic E-state index is 12.1. The Morgan fingerprint density at radius 2 is 1.96 bits per heavy atom. The van der Waals surface area contributed by atoms with Crippen LogP contribution in [0.4, 0.5) is 4.79 Å². The lowest BCUT2D eigenvalue weighted by molar-refractivity contribution is -0.149. The first kappa shape index (κ1) is 21.4. The highest BCUT2D eigenvalue weighted by atomic mass is 16.7. The summed E-state index contributed by atoms with van der Waals surface area (Å²) in [4.78, 5) is 25.7. The molecule has 1 heterocycles. The molecule has 1 saturated heterocycles. The number of ether oxygens (including phenoxy) is 4. The van der Waals surface area contributed by atoms with Crippen molar-refractivity contribution in [1.82, 2.24) is 4.90 Å². The van der Waals surface area contributed by atoms with Crippen LogP contribution in [0.1, 0.15) is 39.5 Å². The van der Waals surface area contributed by atoms with E-state index in [9.17, 15) is 9.59 Å². The number of likely N-dealkylation sites (tertiary alicyclic amines) is 1. The summed E-state index contributed by atoms with van der Waals surface area (Å²) in [6.45, 7) is 9.18. The van der Waals surface area contributed by atoms with Crippen molar-refractivity contribution < 1.29 is 28.5 Å². The highest BCUT2D eigenvalue weighted by Gasteiger charge is 2.37. The van der Waals surface area contributed by atoms with Crippen molar-refractivity contribution in [3.8, 4) is 0 Å². The number of carbonyl (C=O) groups is 2. The molecule has 2 unspecified atom stereocenters. The number of hydrogen-bond acceptors (Lipinski definition) is 6. The van der Waals surface area contributed by atoms with Crippen molar-refractivity contribution in [3.05, 3.63) is 12.7 Å². The minimum absolute atomic E-state index is 0.122. The van der Waals surface area contributed by atoms with E-state index in [0.29, 0.717) is 32.1 Å². The lowest BCUT2D eigenvalue weighted by Gasteiger charge is -2.37. The number of nitrogens with zero attached hydrogens (tertiary/aromatic N) is 1. The zero-order valence-corrected chi connectivity index (χ0v) is 15.6. The van der Waals surface area contributed by atoms with E-state index in [0.717, 1.165) is 19.3 Å². The SMILES string of the molecule is C=CCOC(=O)N1CCC(CCC(OCC)OCC)CC1C(=O)OC. The predicted molar refractivity (Wildman–Crippen MR) is 93.1 cm³/mol. The molecule has 1 rings (SSSR count). The molecular weight excluding hydrogens is 326 g/mol. The average Bonchev–Trinajstić information content (AvgIpc) is 2.63. The summed E-state index contributed by atoms with van der Waals surface area (Å²) >= 11 is 0. The number of methoxy groups -OCH3 is 1. The molecule has 0 aromatic rings. The zero-order chi connectivity index (χ0) is 18.7. The van der Waals surface area contributed by atoms with Gasteiger partial charge in [-0.2, -0.15) is 0 Å². The Balaban J connectivity index is 2.62. The van der Waals surface area contributed by atoms with E-state index >= 15 is 0 Å². The Morgan fingerprint density at radius 1 is 1.28 bits per heavy atom. The molecule has 7 nitrogen and oxygen atoms in total. The highest BCUT2D eigenvalue weighted by molar-refractivity contribution is 5.81. The summed E-state index contributed by atoms with van der Waals surface area (Å²) in [6.07, 6.45) is 3.77. The van der Waals surface area contributed by atoms with Crippen LogP contribution in [0.5, 0.6) is 0 Å². The topological polar surface area (TPSA) is 74.3 Å². The van der Waals surface area contributed by atoms with Crippen LogP contribution < -0.4 is 0 Å². The molecule has 1 fully saturated rings. The molecular formula is C18H31NO6. The van der Waals surface area contributed by atoms with Gasteiger partial charge in [0.2, 0.25) is 0 Å². The van der Waals surface area contributed by atoms with Crippen LogP contribution in [0.25, 0.3) is 0 Å². The third kappa shape index (κ3) is 7.04. The van der Waals surface area contributed by atoms with Gasteiger partial charge >= 0.3 is 12.1 Å². The fourth-order valence-electron chi connectivity index (χ4n) is 3.05. The van der Waals surface area contributed by atoms with Crippen molar-refractivity contribution in [1.29, 1.82) is 0 Å². The molecule has 0 spiro atoms. The van der Waals surface area contributed by atoms with E-state index < -0.39 is 18.1 Å². The third-order valence-electron chi connectivity index (χ3n) is 4.26. The summed E-state index contributed by atoms with van der Waals surface area (Å²) in [5, 5.41) is 0. The average molecular weight is 357 g/mol. The molecule has 25 heavy (non-hydrogen) atoms. The fraction of sp³-hybridized carbons (Fsp3) is 0.778. The molecule has 1 aliphatic rings. The van der Waals surface area contributed by atoms with Crippen LogP contribution >= 0.6 is 0 Å². The largest absolute Gasteiger partial charge is 0.467 e. The Labute approximate surface area is 150 Å². The predicted octanol–water partition coefficient (Wildman–Crippen LogP) is 2.74. The highest BCUT2D eigenvalue weighted by Crippen LogP contribution is 2.29. The number of esters is 1. The molecule has 0 N–H and O–H groups in total. The zero-order valence-electron chi connectivity index (χ0n) is 15.6. The molecule has 0 radical (unpaired) electrons. The van der Waals surface area contributed by atoms with Gasteiger partial charge in [0, 0.05) is 19.8 Å². The smallest absolute Gasteiger partial charge is 0.410 e. The van der Waals surface area contributed by atoms with E-state index in [1.165, 1.54) is 18.1 Å². The Hall–Kier alpha value is -1.60. The first-order valence-electron chi connectivity index (χ1n) is 8.92. The number of piperidine rings is 1. The second-order valence-electron chi connectivity index (χ2n) is 5.91. The second kappa shape index (κ2) is 11.9. The molecule has 1 aliphatic heterocycles. The van der Waals surface area contributed by atoms with Crippen LogP contribution in [-0.2, 0) is 23.7 Å². The number of amides is 1. The van der Waals surface area contributed by atoms with Crippen LogP contribution in [0.2, 0.25) is 0 Å². The minimum Gasteiger partial charge on any atom is -0.467 e. The van der Waals surface area contributed by atoms with Crippen molar-refractivity contribution in [3.63, 3.8) is 0 Å². The number of hydrogen-bond donors (Lipinski definition) is 0. The van der Waals surface area contributed by atoms with Gasteiger partial charge in [0.25, 0.3) is 0 Å². The summed E-state index contributed by atoms with van der Waals surface area (Å²) in [7, 11) is 1.33. The Bertz CT molecular complexity index is 422. The van der Waals surface area contributed by atoms with Crippen molar-refractivity contribution in [2.24, 2.45) is 5.92 Å². The normalized spacial score (nSPS) is 20.4. The first-order valence-corrected chi connectivity index (χ1v) is 8.92. The molecule has 0 bridgehead atoms. The van der Waals surface area contributed by atoms with Gasteiger partial charge in [-0.3, -0.25) is 4.90 Å². The van der Waals surface area contributed by atoms with Crippen molar-refractivity contribution in [2.45, 2.75) is 51.9 Å². The van der Waals surface area contributed by atoms with Crippen molar-refractivity contribution in [2.75, 3.05) is 33.5 Å². The molecule has 0 aliphatic carbocycles. The summed E-state index contributed by atoms with van der Waals surface area (Å²) < 4.78 is 21.1. The Kier molecular flexibility index (Phi) is 10.2. The van der Waals surface area contributed by atoms with Gasteiger partial charge in [-0.1, -0.05) is 12.7 Å². The molecule has 2 atom stereocenters. The van der Waals surface area contributed by atoms with Gasteiger partial charge in [0.15, 0.2) is 6.29 Å². The van der Waals surface area contributed by atoms with Gasteiger partial charge < -0.3 is 18.9 Å². The second-order valence-corrected chi connectivity index (χ2v) is 5.91. The molecule has 1 amide bonds. The summed E-state index contributed by atoms with van der Waals surface area (Å²) in [5.41, 5.74) is 0. The van der Waals surface area contributed by atoms with Gasteiger partial charge in [-0.25, -0.2) is 9.59 Å². The first-order chi connectivity index (χ1) is 12.1. The van der Waals surface area contributed by atoms with Crippen LogP contribution in [0, 0.1) is 5.92 Å². The molecule has 0 aromatic carbocycles. The third-order valence-corrected chi connectivity index (χ3v) is 4.26. The van der Waals surface area contributed by atoms with E-state index in [4.69, 9.17) is 18.9 Å². The van der Waals surface area contributed by atoms with E-state index in [2.05, 4.69) is 6.58 Å². The quantitative estimate of drug-likeness (QED) is 0.340. The van der Waals surface area contributed by atoms with Crippen LogP contribution in [-0.4, -0.2) is 62.8 Å². The van der Waals surface area contributed by atoms with Crippen LogP contribution in [0.15, 0.2) is 12.7 Å². The maximum absolute atomic E-state index is 12.1.